The van der Waals surface area contributed by atoms with Gasteiger partial charge in [0.1, 0.15) is 11.4 Å². The molecule has 2 saturated heterocycles. The minimum Gasteiger partial charge on any atom is -0.465 e. The van der Waals surface area contributed by atoms with Gasteiger partial charge in [-0.05, 0) is 43.9 Å². The van der Waals surface area contributed by atoms with E-state index >= 15 is 0 Å². The first-order chi connectivity index (χ1) is 11.0. The van der Waals surface area contributed by atoms with Crippen molar-refractivity contribution >= 4 is 11.8 Å². The Labute approximate surface area is 137 Å². The van der Waals surface area contributed by atoms with Crippen LogP contribution in [-0.4, -0.2) is 67.4 Å². The van der Waals surface area contributed by atoms with Crippen molar-refractivity contribution in [1.82, 2.24) is 9.88 Å². The number of anilines is 1. The van der Waals surface area contributed by atoms with E-state index in [-0.39, 0.29) is 17.5 Å². The number of methoxy groups -OCH3 is 1. The standard InChI is InChI=1S/C17H25N3O3/c1-19-11-13(21)10-17(12-19)5-8-20(9-6-17)15-14(16(22)23-2)4-3-7-18-15/h3-4,7,13,21H,5-6,8-12H2,1-2H3. The SMILES string of the molecule is COC(=O)c1cccnc1N1CCC2(CC1)CC(O)CN(C)C2. The number of β-amino-alcohol motifs (C(OH)–C–C–N with tert-alkyl or cyclic N) is 1. The lowest BCUT2D eigenvalue weighted by molar-refractivity contribution is -0.0112. The van der Waals surface area contributed by atoms with E-state index in [9.17, 15) is 9.90 Å². The van der Waals surface area contributed by atoms with Crippen LogP contribution in [0.5, 0.6) is 0 Å². The first kappa shape index (κ1) is 16.2. The molecule has 0 aliphatic carbocycles. The number of ether oxygens (including phenoxy) is 1. The number of carbonyl (C=O) groups excluding carboxylic acids is 1. The Hall–Kier alpha value is -1.66. The monoisotopic (exact) mass is 319 g/mol. The van der Waals surface area contributed by atoms with Gasteiger partial charge >= 0.3 is 5.97 Å². The van der Waals surface area contributed by atoms with Gasteiger partial charge in [-0.1, -0.05) is 0 Å². The fourth-order valence-electron chi connectivity index (χ4n) is 4.10. The number of nitrogens with zero attached hydrogens (tertiary/aromatic N) is 3. The van der Waals surface area contributed by atoms with E-state index in [0.29, 0.717) is 11.4 Å². The Morgan fingerprint density at radius 2 is 2.17 bits per heavy atom. The first-order valence-corrected chi connectivity index (χ1v) is 8.18. The van der Waals surface area contributed by atoms with Crippen LogP contribution in [0.1, 0.15) is 29.6 Å². The molecule has 2 aliphatic heterocycles. The van der Waals surface area contributed by atoms with Gasteiger partial charge < -0.3 is 19.6 Å². The van der Waals surface area contributed by atoms with Crippen LogP contribution in [0.3, 0.4) is 0 Å². The summed E-state index contributed by atoms with van der Waals surface area (Å²) in [5.41, 5.74) is 0.704. The maximum Gasteiger partial charge on any atom is 0.341 e. The molecule has 0 saturated carbocycles. The highest BCUT2D eigenvalue weighted by Gasteiger charge is 2.41. The van der Waals surface area contributed by atoms with Crippen LogP contribution in [0.15, 0.2) is 18.3 Å². The van der Waals surface area contributed by atoms with Gasteiger partial charge in [-0.3, -0.25) is 0 Å². The number of esters is 1. The van der Waals surface area contributed by atoms with E-state index in [4.69, 9.17) is 4.74 Å². The quantitative estimate of drug-likeness (QED) is 0.825. The van der Waals surface area contributed by atoms with Crippen molar-refractivity contribution < 1.29 is 14.6 Å². The average molecular weight is 319 g/mol. The van der Waals surface area contributed by atoms with Crippen LogP contribution >= 0.6 is 0 Å². The van der Waals surface area contributed by atoms with E-state index < -0.39 is 0 Å². The number of piperidine rings is 2. The molecule has 1 N–H and O–H groups in total. The third-order valence-corrected chi connectivity index (χ3v) is 5.11. The molecular weight excluding hydrogens is 294 g/mol. The molecule has 0 bridgehead atoms. The number of hydrogen-bond donors (Lipinski definition) is 1. The van der Waals surface area contributed by atoms with E-state index in [1.54, 1.807) is 18.3 Å². The van der Waals surface area contributed by atoms with Crippen LogP contribution in [0.4, 0.5) is 5.82 Å². The first-order valence-electron chi connectivity index (χ1n) is 8.18. The lowest BCUT2D eigenvalue weighted by atomic mass is 9.71. The largest absolute Gasteiger partial charge is 0.465 e. The number of likely N-dealkylation sites (N-methyl/N-ethyl adjacent to an activating group) is 1. The Bertz CT molecular complexity index is 558. The lowest BCUT2D eigenvalue weighted by Crippen LogP contribution is -2.52. The predicted molar refractivity (Wildman–Crippen MR) is 87.6 cm³/mol. The molecule has 1 unspecified atom stereocenters. The number of carbonyl (C=O) groups is 1. The van der Waals surface area contributed by atoms with E-state index in [1.807, 2.05) is 0 Å². The van der Waals surface area contributed by atoms with Crippen molar-refractivity contribution in [2.75, 3.05) is 45.2 Å². The summed E-state index contributed by atoms with van der Waals surface area (Å²) in [5, 5.41) is 10.1. The second-order valence-corrected chi connectivity index (χ2v) is 6.91. The van der Waals surface area contributed by atoms with E-state index in [1.165, 1.54) is 7.11 Å². The molecule has 6 nitrogen and oxygen atoms in total. The summed E-state index contributed by atoms with van der Waals surface area (Å²) >= 11 is 0. The third kappa shape index (κ3) is 3.33. The Morgan fingerprint density at radius 3 is 2.83 bits per heavy atom. The summed E-state index contributed by atoms with van der Waals surface area (Å²) < 4.78 is 4.86. The highest BCUT2D eigenvalue weighted by Crippen LogP contribution is 2.40. The van der Waals surface area contributed by atoms with Crippen LogP contribution in [0, 0.1) is 5.41 Å². The van der Waals surface area contributed by atoms with E-state index in [0.717, 1.165) is 45.4 Å². The minimum absolute atomic E-state index is 0.184. The zero-order chi connectivity index (χ0) is 16.4. The molecule has 6 heteroatoms. The Balaban J connectivity index is 1.74. The zero-order valence-corrected chi connectivity index (χ0v) is 13.9. The molecular formula is C17H25N3O3. The summed E-state index contributed by atoms with van der Waals surface area (Å²) in [4.78, 5) is 20.7. The molecule has 2 aliphatic rings. The normalized spacial score (nSPS) is 24.7. The third-order valence-electron chi connectivity index (χ3n) is 5.11. The molecule has 0 amide bonds. The minimum atomic E-state index is -0.346. The number of aliphatic hydroxyl groups is 1. The highest BCUT2D eigenvalue weighted by molar-refractivity contribution is 5.94. The van der Waals surface area contributed by atoms with Crippen LogP contribution in [0.25, 0.3) is 0 Å². The van der Waals surface area contributed by atoms with Crippen LogP contribution in [-0.2, 0) is 4.74 Å². The van der Waals surface area contributed by atoms with Crippen molar-refractivity contribution in [3.8, 4) is 0 Å². The maximum atomic E-state index is 11.9. The number of aromatic nitrogens is 1. The smallest absolute Gasteiger partial charge is 0.341 e. The average Bonchev–Trinajstić information content (AvgIpc) is 2.54. The molecule has 1 atom stereocenters. The Morgan fingerprint density at radius 1 is 1.43 bits per heavy atom. The van der Waals surface area contributed by atoms with Crippen molar-refractivity contribution in [1.29, 1.82) is 0 Å². The van der Waals surface area contributed by atoms with Crippen molar-refractivity contribution in [2.45, 2.75) is 25.4 Å². The maximum absolute atomic E-state index is 11.9. The van der Waals surface area contributed by atoms with Gasteiger partial charge in [-0.2, -0.15) is 0 Å². The number of aliphatic hydroxyl groups excluding tert-OH is 1. The van der Waals surface area contributed by atoms with Gasteiger partial charge in [0.05, 0.1) is 13.2 Å². The summed E-state index contributed by atoms with van der Waals surface area (Å²) in [7, 11) is 3.47. The predicted octanol–water partition coefficient (Wildman–Crippen LogP) is 1.15. The molecule has 3 rings (SSSR count). The molecule has 2 fully saturated rings. The van der Waals surface area contributed by atoms with Gasteiger partial charge in [0.25, 0.3) is 0 Å². The molecule has 1 aromatic heterocycles. The number of pyridine rings is 1. The van der Waals surface area contributed by atoms with Gasteiger partial charge in [0.2, 0.25) is 0 Å². The lowest BCUT2D eigenvalue weighted by Gasteiger charge is -2.48. The number of hydrogen-bond acceptors (Lipinski definition) is 6. The van der Waals surface area contributed by atoms with Crippen LogP contribution in [0.2, 0.25) is 0 Å². The summed E-state index contributed by atoms with van der Waals surface area (Å²) in [6.45, 7) is 3.49. The van der Waals surface area contributed by atoms with Gasteiger partial charge in [-0.25, -0.2) is 9.78 Å². The van der Waals surface area contributed by atoms with Gasteiger partial charge in [0, 0.05) is 32.4 Å². The van der Waals surface area contributed by atoms with Crippen molar-refractivity contribution in [2.24, 2.45) is 5.41 Å². The topological polar surface area (TPSA) is 65.9 Å². The molecule has 3 heterocycles. The van der Waals surface area contributed by atoms with Gasteiger partial charge in [-0.15, -0.1) is 0 Å². The number of rotatable bonds is 2. The second-order valence-electron chi connectivity index (χ2n) is 6.91. The van der Waals surface area contributed by atoms with Crippen molar-refractivity contribution in [3.05, 3.63) is 23.9 Å². The molecule has 0 radical (unpaired) electrons. The Kier molecular flexibility index (Phi) is 4.55. The fourth-order valence-corrected chi connectivity index (χ4v) is 4.10. The molecule has 1 spiro atoms. The highest BCUT2D eigenvalue weighted by atomic mass is 16.5. The van der Waals surface area contributed by atoms with Crippen LogP contribution < -0.4 is 4.90 Å². The summed E-state index contributed by atoms with van der Waals surface area (Å²) in [6.07, 6.45) is 4.36. The molecule has 1 aromatic rings. The van der Waals surface area contributed by atoms with E-state index in [2.05, 4.69) is 21.8 Å². The fraction of sp³-hybridized carbons (Fsp3) is 0.647. The summed E-state index contributed by atoms with van der Waals surface area (Å²) in [6, 6.07) is 3.52. The molecule has 126 valence electrons. The summed E-state index contributed by atoms with van der Waals surface area (Å²) in [5.74, 6) is 0.361. The molecule has 0 aromatic carbocycles. The second kappa shape index (κ2) is 6.45. The number of likely N-dealkylation sites (tertiary alicyclic amines) is 1. The van der Waals surface area contributed by atoms with Crippen molar-refractivity contribution in [3.63, 3.8) is 0 Å². The molecule has 23 heavy (non-hydrogen) atoms. The van der Waals surface area contributed by atoms with Gasteiger partial charge in [0.15, 0.2) is 0 Å². The zero-order valence-electron chi connectivity index (χ0n) is 13.9.